The smallest absolute Gasteiger partial charge is 0.235 e. The van der Waals surface area contributed by atoms with Crippen molar-refractivity contribution < 1.29 is 45.9 Å². The standard InChI is InChI=1S/C30H38N3O5.ClH/c1-19-24(28(30(36)37)31-27(19)26(20(2)34)29(31)35)18-38-25-9-5-7-22-21(6-4-8-23(22)25)10-11-33-15-12-32(3,13-16-33)14-17-33;/h4-9,19-20,26-27,34H,10-18H2,1-3H3;1H/q+1;/p-1/t19-,20+,26+,27+,32?,33?;/m0./s1. The molecule has 0 radical (unpaired) electrons. The van der Waals surface area contributed by atoms with Crippen LogP contribution in [0.3, 0.4) is 0 Å². The van der Waals surface area contributed by atoms with Gasteiger partial charge in [0, 0.05) is 17.7 Å². The molecule has 2 aromatic carbocycles. The molecule has 1 amide bonds. The summed E-state index contributed by atoms with van der Waals surface area (Å²) in [6.45, 7) is 12.3. The zero-order chi connectivity index (χ0) is 26.8. The lowest BCUT2D eigenvalue weighted by Gasteiger charge is -2.54. The Labute approximate surface area is 236 Å². The molecule has 0 aromatic heterocycles. The van der Waals surface area contributed by atoms with Crippen molar-refractivity contribution in [1.82, 2.24) is 4.90 Å². The number of amides is 1. The molecule has 0 unspecified atom stereocenters. The van der Waals surface area contributed by atoms with Crippen LogP contribution in [0.5, 0.6) is 5.75 Å². The number of fused-ring (bicyclic) bond motifs is 5. The molecule has 8 nitrogen and oxygen atoms in total. The van der Waals surface area contributed by atoms with Crippen LogP contribution in [0.4, 0.5) is 0 Å². The number of halogens is 1. The number of rotatable bonds is 8. The van der Waals surface area contributed by atoms with E-state index in [0.29, 0.717) is 11.3 Å². The Balaban J connectivity index is 0.00000308. The van der Waals surface area contributed by atoms with E-state index in [1.165, 1.54) is 64.1 Å². The number of piperazine rings is 3. The van der Waals surface area contributed by atoms with Crippen molar-refractivity contribution in [3.05, 3.63) is 53.2 Å². The number of aliphatic carboxylic acids is 1. The highest BCUT2D eigenvalue weighted by Gasteiger charge is 2.58. The number of carbonyl (C=O) groups excluding carboxylic acids is 2. The van der Waals surface area contributed by atoms with E-state index >= 15 is 0 Å². The SMILES string of the molecule is C[C@@H](O)[C@H]1C(=O)N2C(C(=O)[O-])=C(COc3cccc4c(CC[N+]56CC[N+](C)(CC5)CC6)cccc34)[C@H](C)[C@H]12.[Cl-]. The van der Waals surface area contributed by atoms with Gasteiger partial charge in [-0.1, -0.05) is 37.3 Å². The lowest BCUT2D eigenvalue weighted by molar-refractivity contribution is -1.07. The number of β-lactam (4-membered cyclic amide) rings is 1. The molecule has 0 spiro atoms. The molecule has 5 aliphatic heterocycles. The maximum absolute atomic E-state index is 12.6. The van der Waals surface area contributed by atoms with Crippen LogP contribution in [0.1, 0.15) is 19.4 Å². The quantitative estimate of drug-likeness (QED) is 0.298. The van der Waals surface area contributed by atoms with Crippen molar-refractivity contribution in [1.29, 1.82) is 0 Å². The Bertz CT molecular complexity index is 1320. The van der Waals surface area contributed by atoms with Gasteiger partial charge in [0.05, 0.1) is 43.3 Å². The van der Waals surface area contributed by atoms with Crippen LogP contribution < -0.4 is 22.3 Å². The minimum absolute atomic E-state index is 0. The van der Waals surface area contributed by atoms with E-state index in [-0.39, 0.29) is 42.6 Å². The lowest BCUT2D eigenvalue weighted by Crippen LogP contribution is -3.00. The van der Waals surface area contributed by atoms with Gasteiger partial charge in [-0.2, -0.15) is 0 Å². The summed E-state index contributed by atoms with van der Waals surface area (Å²) in [6, 6.07) is 12.0. The highest BCUT2D eigenvalue weighted by Crippen LogP contribution is 2.47. The number of carboxylic acids is 1. The summed E-state index contributed by atoms with van der Waals surface area (Å²) in [6.07, 6.45) is 0.177. The minimum atomic E-state index is -1.38. The van der Waals surface area contributed by atoms with Gasteiger partial charge in [-0.3, -0.25) is 4.79 Å². The molecule has 4 saturated heterocycles. The topological polar surface area (TPSA) is 89.9 Å². The van der Waals surface area contributed by atoms with Gasteiger partial charge >= 0.3 is 0 Å². The largest absolute Gasteiger partial charge is 1.00 e. The maximum Gasteiger partial charge on any atom is 0.235 e. The van der Waals surface area contributed by atoms with Crippen LogP contribution in [-0.2, 0) is 16.0 Å². The van der Waals surface area contributed by atoms with Gasteiger partial charge in [0.1, 0.15) is 51.6 Å². The highest BCUT2D eigenvalue weighted by molar-refractivity contribution is 5.99. The first-order valence-electron chi connectivity index (χ1n) is 13.9. The van der Waals surface area contributed by atoms with Crippen molar-refractivity contribution in [2.24, 2.45) is 11.8 Å². The van der Waals surface area contributed by atoms with E-state index in [9.17, 15) is 19.8 Å². The Morgan fingerprint density at radius 2 is 1.74 bits per heavy atom. The number of nitrogens with zero attached hydrogens (tertiary/aromatic N) is 3. The number of benzene rings is 2. The van der Waals surface area contributed by atoms with Gasteiger partial charge in [0.15, 0.2) is 0 Å². The molecule has 0 aliphatic carbocycles. The van der Waals surface area contributed by atoms with Crippen molar-refractivity contribution >= 4 is 22.6 Å². The second kappa shape index (κ2) is 10.1. The molecule has 2 bridgehead atoms. The second-order valence-electron chi connectivity index (χ2n) is 12.2. The zero-order valence-corrected chi connectivity index (χ0v) is 23.7. The van der Waals surface area contributed by atoms with Crippen LogP contribution in [0.25, 0.3) is 10.8 Å². The fourth-order valence-corrected chi connectivity index (χ4v) is 7.39. The third kappa shape index (κ3) is 4.51. The first kappa shape index (κ1) is 27.9. The van der Waals surface area contributed by atoms with Crippen molar-refractivity contribution in [2.45, 2.75) is 32.4 Å². The molecule has 210 valence electrons. The third-order valence-corrected chi connectivity index (χ3v) is 10.1. The third-order valence-electron chi connectivity index (χ3n) is 10.1. The number of quaternary nitrogens is 2. The first-order valence-corrected chi connectivity index (χ1v) is 13.9. The number of hydrogen-bond acceptors (Lipinski definition) is 5. The van der Waals surface area contributed by atoms with E-state index in [0.717, 1.165) is 18.4 Å². The van der Waals surface area contributed by atoms with E-state index in [1.807, 2.05) is 19.1 Å². The summed E-state index contributed by atoms with van der Waals surface area (Å²) in [5.41, 5.74) is 1.75. The Kier molecular flexibility index (Phi) is 7.21. The van der Waals surface area contributed by atoms with Gasteiger partial charge in [-0.25, -0.2) is 0 Å². The molecule has 5 aliphatic rings. The molecule has 0 saturated carbocycles. The minimum Gasteiger partial charge on any atom is -1.00 e. The monoisotopic (exact) mass is 555 g/mol. The van der Waals surface area contributed by atoms with Crippen LogP contribution >= 0.6 is 0 Å². The summed E-state index contributed by atoms with van der Waals surface area (Å²) in [5, 5.41) is 24.3. The molecule has 5 heterocycles. The van der Waals surface area contributed by atoms with E-state index in [2.05, 4.69) is 31.3 Å². The zero-order valence-electron chi connectivity index (χ0n) is 22.9. The van der Waals surface area contributed by atoms with Crippen LogP contribution in [0, 0.1) is 11.8 Å². The van der Waals surface area contributed by atoms with E-state index < -0.39 is 18.0 Å². The van der Waals surface area contributed by atoms with Gasteiger partial charge in [-0.15, -0.1) is 0 Å². The van der Waals surface area contributed by atoms with Gasteiger partial charge < -0.3 is 46.0 Å². The predicted octanol–water partition coefficient (Wildman–Crippen LogP) is -2.08. The molecular formula is C30H38ClN3O5. The summed E-state index contributed by atoms with van der Waals surface area (Å²) >= 11 is 0. The average molecular weight is 556 g/mol. The fourth-order valence-electron chi connectivity index (χ4n) is 7.39. The fraction of sp³-hybridized carbons (Fsp3) is 0.533. The summed E-state index contributed by atoms with van der Waals surface area (Å²) in [7, 11) is 2.39. The number of likely N-dealkylation sites (N-methyl/N-ethyl adjacent to an activating group) is 1. The van der Waals surface area contributed by atoms with Crippen LogP contribution in [0.15, 0.2) is 47.7 Å². The molecule has 4 atom stereocenters. The molecule has 2 aromatic rings. The van der Waals surface area contributed by atoms with Crippen LogP contribution in [0.2, 0.25) is 0 Å². The first-order chi connectivity index (χ1) is 18.1. The maximum atomic E-state index is 12.6. The molecule has 9 heteroatoms. The van der Waals surface area contributed by atoms with Crippen molar-refractivity contribution in [2.75, 3.05) is 59.5 Å². The van der Waals surface area contributed by atoms with E-state index in [1.54, 1.807) is 6.92 Å². The molecule has 1 N–H and O–H groups in total. The number of hydrogen-bond donors (Lipinski definition) is 1. The predicted molar refractivity (Wildman–Crippen MR) is 141 cm³/mol. The number of ether oxygens (including phenoxy) is 1. The Morgan fingerprint density at radius 3 is 2.38 bits per heavy atom. The van der Waals surface area contributed by atoms with Gasteiger partial charge in [0.2, 0.25) is 5.91 Å². The highest BCUT2D eigenvalue weighted by atomic mass is 35.5. The molecular weight excluding hydrogens is 518 g/mol. The summed E-state index contributed by atoms with van der Waals surface area (Å²) in [5.74, 6) is -1.88. The number of aliphatic hydroxyl groups is 1. The van der Waals surface area contributed by atoms with Gasteiger partial charge in [0.25, 0.3) is 0 Å². The van der Waals surface area contributed by atoms with E-state index in [4.69, 9.17) is 4.74 Å². The van der Waals surface area contributed by atoms with Crippen molar-refractivity contribution in [3.8, 4) is 5.75 Å². The molecule has 7 rings (SSSR count). The van der Waals surface area contributed by atoms with Gasteiger partial charge in [-0.05, 0) is 29.5 Å². The number of aliphatic hydroxyl groups excluding tert-OH is 1. The van der Waals surface area contributed by atoms with Crippen LogP contribution in [-0.4, -0.2) is 102 Å². The number of carbonyl (C=O) groups is 2. The normalized spacial score (nSPS) is 32.1. The molecule has 4 fully saturated rings. The Morgan fingerprint density at radius 1 is 1.10 bits per heavy atom. The van der Waals surface area contributed by atoms with Crippen molar-refractivity contribution in [3.63, 3.8) is 0 Å². The Hall–Kier alpha value is -2.65. The summed E-state index contributed by atoms with van der Waals surface area (Å²) in [4.78, 5) is 25.9. The lowest BCUT2D eigenvalue weighted by atomic mass is 9.78. The average Bonchev–Trinajstić information content (AvgIpc) is 3.14. The second-order valence-corrected chi connectivity index (χ2v) is 12.2. The molecule has 39 heavy (non-hydrogen) atoms. The summed E-state index contributed by atoms with van der Waals surface area (Å²) < 4.78 is 8.72. The number of carboxylic acid groups (broad SMARTS) is 1.